The zero-order valence-corrected chi connectivity index (χ0v) is 13.8. The van der Waals surface area contributed by atoms with Crippen LogP contribution in [0.3, 0.4) is 0 Å². The maximum Gasteiger partial charge on any atom is 0.242 e. The normalized spacial score (nSPS) is 12.7. The second kappa shape index (κ2) is 6.89. The Balaban J connectivity index is 3.23. The molecule has 0 aliphatic carbocycles. The molecular weight excluding hydrogens is 296 g/mol. The third kappa shape index (κ3) is 3.73. The second-order valence-corrected chi connectivity index (χ2v) is 6.97. The average Bonchev–Trinajstić information content (AvgIpc) is 2.45. The largest absolute Gasteiger partial charge is 0.326 e. The fourth-order valence-corrected chi connectivity index (χ4v) is 4.35. The summed E-state index contributed by atoms with van der Waals surface area (Å²) in [6.45, 7) is 6.22. The van der Waals surface area contributed by atoms with E-state index in [1.54, 1.807) is 12.1 Å². The molecular formula is C14H23ClN2O2S. The fraction of sp³-hybridized carbons (Fsp3) is 0.571. The lowest BCUT2D eigenvalue weighted by Crippen LogP contribution is -2.47. The summed E-state index contributed by atoms with van der Waals surface area (Å²) < 4.78 is 28.0. The summed E-state index contributed by atoms with van der Waals surface area (Å²) in [5.74, 6) is 0. The highest BCUT2D eigenvalue weighted by Gasteiger charge is 2.31. The van der Waals surface area contributed by atoms with E-state index >= 15 is 0 Å². The van der Waals surface area contributed by atoms with Gasteiger partial charge in [0, 0.05) is 12.1 Å². The van der Waals surface area contributed by atoms with Crippen molar-refractivity contribution in [2.75, 3.05) is 0 Å². The molecule has 0 unspecified atom stereocenters. The van der Waals surface area contributed by atoms with Crippen LogP contribution in [0.15, 0.2) is 23.1 Å². The van der Waals surface area contributed by atoms with Gasteiger partial charge in [0.05, 0.1) is 5.02 Å². The average molecular weight is 319 g/mol. The lowest BCUT2D eigenvalue weighted by Gasteiger charge is -2.31. The van der Waals surface area contributed by atoms with Crippen LogP contribution >= 0.6 is 11.6 Å². The molecule has 0 radical (unpaired) electrons. The van der Waals surface area contributed by atoms with Crippen LogP contribution in [0.4, 0.5) is 0 Å². The van der Waals surface area contributed by atoms with E-state index < -0.39 is 15.6 Å². The molecule has 0 spiro atoms. The Morgan fingerprint density at radius 1 is 1.20 bits per heavy atom. The Morgan fingerprint density at radius 3 is 2.20 bits per heavy atom. The molecule has 0 saturated carbocycles. The van der Waals surface area contributed by atoms with Crippen LogP contribution in [-0.2, 0) is 16.6 Å². The minimum absolute atomic E-state index is 0.0989. The molecule has 1 rings (SSSR count). The molecule has 0 bridgehead atoms. The predicted molar refractivity (Wildman–Crippen MR) is 83.3 cm³/mol. The van der Waals surface area contributed by atoms with Crippen molar-refractivity contribution in [2.24, 2.45) is 5.73 Å². The van der Waals surface area contributed by atoms with E-state index in [-0.39, 0.29) is 16.5 Å². The van der Waals surface area contributed by atoms with Crippen LogP contribution in [-0.4, -0.2) is 14.0 Å². The van der Waals surface area contributed by atoms with Crippen molar-refractivity contribution < 1.29 is 8.42 Å². The van der Waals surface area contributed by atoms with Gasteiger partial charge in [0.25, 0.3) is 0 Å². The van der Waals surface area contributed by atoms with Crippen molar-refractivity contribution in [3.8, 4) is 0 Å². The molecule has 0 aromatic heterocycles. The third-order valence-corrected chi connectivity index (χ3v) is 5.96. The van der Waals surface area contributed by atoms with Crippen molar-refractivity contribution in [3.63, 3.8) is 0 Å². The first-order valence-electron chi connectivity index (χ1n) is 6.86. The maximum absolute atomic E-state index is 12.6. The van der Waals surface area contributed by atoms with Gasteiger partial charge >= 0.3 is 0 Å². The van der Waals surface area contributed by atoms with Crippen molar-refractivity contribution in [1.29, 1.82) is 0 Å². The smallest absolute Gasteiger partial charge is 0.242 e. The standard InChI is InChI=1S/C14H23ClN2O2S/c1-4-14(5-2,6-3)17-20(18,19)13-9-11(10-16)7-8-12(13)15/h7-9,17H,4-6,10,16H2,1-3H3. The molecule has 20 heavy (non-hydrogen) atoms. The fourth-order valence-electron chi connectivity index (χ4n) is 2.19. The van der Waals surface area contributed by atoms with Crippen molar-refractivity contribution in [2.45, 2.75) is 57.0 Å². The molecule has 0 fully saturated rings. The van der Waals surface area contributed by atoms with Crippen molar-refractivity contribution in [3.05, 3.63) is 28.8 Å². The van der Waals surface area contributed by atoms with Crippen molar-refractivity contribution in [1.82, 2.24) is 4.72 Å². The van der Waals surface area contributed by atoms with E-state index in [2.05, 4.69) is 4.72 Å². The van der Waals surface area contributed by atoms with E-state index in [4.69, 9.17) is 17.3 Å². The molecule has 114 valence electrons. The lowest BCUT2D eigenvalue weighted by atomic mass is 9.91. The Morgan fingerprint density at radius 2 is 1.75 bits per heavy atom. The van der Waals surface area contributed by atoms with Gasteiger partial charge in [-0.1, -0.05) is 38.4 Å². The van der Waals surface area contributed by atoms with Gasteiger partial charge in [-0.2, -0.15) is 0 Å². The Hall–Kier alpha value is -0.620. The summed E-state index contributed by atoms with van der Waals surface area (Å²) in [5, 5.41) is 0.215. The van der Waals surface area contributed by atoms with E-state index in [0.29, 0.717) is 0 Å². The molecule has 0 amide bonds. The highest BCUT2D eigenvalue weighted by atomic mass is 35.5. The first-order chi connectivity index (χ1) is 9.34. The number of benzene rings is 1. The monoisotopic (exact) mass is 318 g/mol. The van der Waals surface area contributed by atoms with Crippen LogP contribution in [0.5, 0.6) is 0 Å². The molecule has 3 N–H and O–H groups in total. The number of halogens is 1. The zero-order valence-electron chi connectivity index (χ0n) is 12.2. The lowest BCUT2D eigenvalue weighted by molar-refractivity contribution is 0.341. The second-order valence-electron chi connectivity index (χ2n) is 4.92. The summed E-state index contributed by atoms with van der Waals surface area (Å²) in [6, 6.07) is 4.84. The first-order valence-corrected chi connectivity index (χ1v) is 8.72. The molecule has 0 aliphatic heterocycles. The van der Waals surface area contributed by atoms with Gasteiger partial charge < -0.3 is 5.73 Å². The Bertz CT molecular complexity index is 546. The summed E-state index contributed by atoms with van der Waals surface area (Å²) in [4.78, 5) is 0.0989. The van der Waals surface area contributed by atoms with Crippen molar-refractivity contribution >= 4 is 21.6 Å². The first kappa shape index (κ1) is 17.4. The predicted octanol–water partition coefficient (Wildman–Crippen LogP) is 3.05. The molecule has 1 aromatic carbocycles. The minimum atomic E-state index is -3.65. The summed E-state index contributed by atoms with van der Waals surface area (Å²) in [5.41, 5.74) is 5.87. The number of nitrogens with one attached hydrogen (secondary N) is 1. The van der Waals surface area contributed by atoms with Crippen LogP contribution in [0.2, 0.25) is 5.02 Å². The number of sulfonamides is 1. The number of hydrogen-bond donors (Lipinski definition) is 2. The van der Waals surface area contributed by atoms with E-state index in [1.165, 1.54) is 6.07 Å². The topological polar surface area (TPSA) is 72.2 Å². The Kier molecular flexibility index (Phi) is 6.01. The van der Waals surface area contributed by atoms with Gasteiger partial charge in [-0.05, 0) is 37.0 Å². The number of rotatable bonds is 7. The van der Waals surface area contributed by atoms with Crippen LogP contribution in [0, 0.1) is 0 Å². The number of hydrogen-bond acceptors (Lipinski definition) is 3. The van der Waals surface area contributed by atoms with Gasteiger partial charge in [-0.3, -0.25) is 0 Å². The molecule has 0 atom stereocenters. The Labute approximate surface area is 126 Å². The maximum atomic E-state index is 12.6. The molecule has 0 saturated heterocycles. The highest BCUT2D eigenvalue weighted by Crippen LogP contribution is 2.27. The number of nitrogens with two attached hydrogens (primary N) is 1. The van der Waals surface area contributed by atoms with Gasteiger partial charge in [0.15, 0.2) is 0 Å². The SMILES string of the molecule is CCC(CC)(CC)NS(=O)(=O)c1cc(CN)ccc1Cl. The molecule has 0 aliphatic rings. The molecule has 6 heteroatoms. The zero-order chi connectivity index (χ0) is 15.4. The van der Waals surface area contributed by atoms with Crippen LogP contribution in [0.25, 0.3) is 0 Å². The molecule has 4 nitrogen and oxygen atoms in total. The minimum Gasteiger partial charge on any atom is -0.326 e. The summed E-state index contributed by atoms with van der Waals surface area (Å²) in [7, 11) is -3.65. The summed E-state index contributed by atoms with van der Waals surface area (Å²) in [6.07, 6.45) is 2.19. The van der Waals surface area contributed by atoms with Gasteiger partial charge in [0.2, 0.25) is 10.0 Å². The van der Waals surface area contributed by atoms with Gasteiger partial charge in [0.1, 0.15) is 4.90 Å². The van der Waals surface area contributed by atoms with Gasteiger partial charge in [-0.25, -0.2) is 13.1 Å². The third-order valence-electron chi connectivity index (χ3n) is 3.90. The molecule has 1 aromatic rings. The van der Waals surface area contributed by atoms with Crippen LogP contribution in [0.1, 0.15) is 45.6 Å². The van der Waals surface area contributed by atoms with E-state index in [0.717, 1.165) is 24.8 Å². The summed E-state index contributed by atoms with van der Waals surface area (Å²) >= 11 is 6.04. The van der Waals surface area contributed by atoms with E-state index in [9.17, 15) is 8.42 Å². The van der Waals surface area contributed by atoms with Gasteiger partial charge in [-0.15, -0.1) is 0 Å². The quantitative estimate of drug-likeness (QED) is 0.811. The molecule has 0 heterocycles. The van der Waals surface area contributed by atoms with Crippen LogP contribution < -0.4 is 10.5 Å². The van der Waals surface area contributed by atoms with E-state index in [1.807, 2.05) is 20.8 Å². The highest BCUT2D eigenvalue weighted by molar-refractivity contribution is 7.89.